The molecule has 0 heterocycles. The highest BCUT2D eigenvalue weighted by atomic mass is 32.2. The van der Waals surface area contributed by atoms with Crippen molar-refractivity contribution in [3.05, 3.63) is 72.9 Å². The van der Waals surface area contributed by atoms with Gasteiger partial charge in [-0.25, -0.2) is 0 Å². The minimum absolute atomic E-state index is 0.850. The third-order valence-corrected chi connectivity index (χ3v) is 3.56. The van der Waals surface area contributed by atoms with Crippen LogP contribution >= 0.6 is 11.8 Å². The summed E-state index contributed by atoms with van der Waals surface area (Å²) in [6.45, 7) is 4.75. The zero-order chi connectivity index (χ0) is 12.8. The van der Waals surface area contributed by atoms with Crippen LogP contribution in [0.5, 0.6) is 0 Å². The first-order valence-electron chi connectivity index (χ1n) is 5.90. The maximum atomic E-state index is 3.90. The molecule has 0 aliphatic rings. The smallest absolute Gasteiger partial charge is 0.0475 e. The lowest BCUT2D eigenvalue weighted by molar-refractivity contribution is 0.969. The van der Waals surface area contributed by atoms with Gasteiger partial charge < -0.3 is 4.90 Å². The normalized spacial score (nSPS) is 10.1. The van der Waals surface area contributed by atoms with E-state index in [2.05, 4.69) is 66.3 Å². The summed E-state index contributed by atoms with van der Waals surface area (Å²) < 4.78 is 0. The van der Waals surface area contributed by atoms with E-state index in [1.165, 1.54) is 16.1 Å². The number of thioether (sulfide) groups is 1. The standard InChI is InChI=1S/C16H17NS/c1-3-17(13-14-7-5-4-6-8-14)15-9-11-16(18-2)12-10-15/h3-12H,1,13H2,2H3. The molecular weight excluding hydrogens is 238 g/mol. The second kappa shape index (κ2) is 6.31. The van der Waals surface area contributed by atoms with Crippen LogP contribution in [-0.4, -0.2) is 6.26 Å². The molecule has 0 aromatic heterocycles. The van der Waals surface area contributed by atoms with Gasteiger partial charge in [-0.2, -0.15) is 0 Å². The van der Waals surface area contributed by atoms with Crippen LogP contribution in [0, 0.1) is 0 Å². The van der Waals surface area contributed by atoms with Crippen LogP contribution in [0.3, 0.4) is 0 Å². The summed E-state index contributed by atoms with van der Waals surface area (Å²) in [6.07, 6.45) is 3.96. The summed E-state index contributed by atoms with van der Waals surface area (Å²) in [4.78, 5) is 3.43. The zero-order valence-corrected chi connectivity index (χ0v) is 11.4. The van der Waals surface area contributed by atoms with Crippen LogP contribution < -0.4 is 4.90 Å². The summed E-state index contributed by atoms with van der Waals surface area (Å²) in [5.74, 6) is 0. The van der Waals surface area contributed by atoms with E-state index in [9.17, 15) is 0 Å². The number of hydrogen-bond donors (Lipinski definition) is 0. The Balaban J connectivity index is 2.15. The third kappa shape index (κ3) is 3.17. The van der Waals surface area contributed by atoms with E-state index < -0.39 is 0 Å². The molecule has 0 spiro atoms. The van der Waals surface area contributed by atoms with Crippen LogP contribution in [0.15, 0.2) is 72.3 Å². The summed E-state index contributed by atoms with van der Waals surface area (Å²) >= 11 is 1.76. The Morgan fingerprint density at radius 3 is 2.28 bits per heavy atom. The van der Waals surface area contributed by atoms with Gasteiger partial charge in [0.1, 0.15) is 0 Å². The summed E-state index contributed by atoms with van der Waals surface area (Å²) in [7, 11) is 0. The number of benzene rings is 2. The molecule has 0 aliphatic carbocycles. The van der Waals surface area contributed by atoms with Gasteiger partial charge in [-0.1, -0.05) is 36.9 Å². The number of anilines is 1. The molecule has 92 valence electrons. The predicted molar refractivity (Wildman–Crippen MR) is 81.0 cm³/mol. The van der Waals surface area contributed by atoms with Crippen molar-refractivity contribution in [1.29, 1.82) is 0 Å². The van der Waals surface area contributed by atoms with Gasteiger partial charge in [-0.3, -0.25) is 0 Å². The molecule has 18 heavy (non-hydrogen) atoms. The fourth-order valence-corrected chi connectivity index (χ4v) is 2.22. The van der Waals surface area contributed by atoms with Crippen molar-refractivity contribution in [3.63, 3.8) is 0 Å². The fourth-order valence-electron chi connectivity index (χ4n) is 1.82. The molecule has 0 amide bonds. The molecule has 0 radical (unpaired) electrons. The Morgan fingerprint density at radius 2 is 1.72 bits per heavy atom. The van der Waals surface area contributed by atoms with Gasteiger partial charge in [0, 0.05) is 17.1 Å². The Hall–Kier alpha value is -1.67. The van der Waals surface area contributed by atoms with Gasteiger partial charge in [0.15, 0.2) is 0 Å². The van der Waals surface area contributed by atoms with Crippen molar-refractivity contribution >= 4 is 17.4 Å². The highest BCUT2D eigenvalue weighted by Crippen LogP contribution is 2.22. The summed E-state index contributed by atoms with van der Waals surface area (Å²) in [5, 5.41) is 0. The van der Waals surface area contributed by atoms with Crippen LogP contribution in [-0.2, 0) is 6.54 Å². The van der Waals surface area contributed by atoms with Crippen LogP contribution in [0.2, 0.25) is 0 Å². The number of nitrogens with zero attached hydrogens (tertiary/aromatic N) is 1. The Labute approximate surface area is 113 Å². The van der Waals surface area contributed by atoms with Gasteiger partial charge in [-0.05, 0) is 42.3 Å². The Morgan fingerprint density at radius 1 is 1.06 bits per heavy atom. The molecule has 2 heteroatoms. The molecule has 0 saturated carbocycles. The van der Waals surface area contributed by atoms with Crippen molar-refractivity contribution in [1.82, 2.24) is 0 Å². The van der Waals surface area contributed by atoms with E-state index in [0.29, 0.717) is 0 Å². The highest BCUT2D eigenvalue weighted by molar-refractivity contribution is 7.98. The first-order chi connectivity index (χ1) is 8.83. The minimum Gasteiger partial charge on any atom is -0.344 e. The maximum absolute atomic E-state index is 3.90. The molecule has 0 fully saturated rings. The molecular formula is C16H17NS. The van der Waals surface area contributed by atoms with E-state index in [0.717, 1.165) is 6.54 Å². The van der Waals surface area contributed by atoms with Gasteiger partial charge in [0.05, 0.1) is 0 Å². The van der Waals surface area contributed by atoms with Gasteiger partial charge in [-0.15, -0.1) is 11.8 Å². The van der Waals surface area contributed by atoms with Crippen molar-refractivity contribution in [2.24, 2.45) is 0 Å². The first kappa shape index (κ1) is 12.8. The van der Waals surface area contributed by atoms with Crippen LogP contribution in [0.4, 0.5) is 5.69 Å². The summed E-state index contributed by atoms with van der Waals surface area (Å²) in [5.41, 5.74) is 2.46. The number of rotatable bonds is 5. The second-order valence-electron chi connectivity index (χ2n) is 3.99. The van der Waals surface area contributed by atoms with E-state index >= 15 is 0 Å². The second-order valence-corrected chi connectivity index (χ2v) is 4.87. The highest BCUT2D eigenvalue weighted by Gasteiger charge is 2.03. The largest absolute Gasteiger partial charge is 0.344 e. The van der Waals surface area contributed by atoms with Crippen molar-refractivity contribution in [2.45, 2.75) is 11.4 Å². The van der Waals surface area contributed by atoms with E-state index in [4.69, 9.17) is 0 Å². The molecule has 0 unspecified atom stereocenters. The molecule has 0 atom stereocenters. The molecule has 0 N–H and O–H groups in total. The molecule has 2 aromatic rings. The Bertz CT molecular complexity index is 490. The Kier molecular flexibility index (Phi) is 4.48. The predicted octanol–water partition coefficient (Wildman–Crippen LogP) is 4.56. The summed E-state index contributed by atoms with van der Waals surface area (Å²) in [6, 6.07) is 19.0. The first-order valence-corrected chi connectivity index (χ1v) is 7.13. The molecule has 0 saturated heterocycles. The third-order valence-electron chi connectivity index (χ3n) is 2.82. The van der Waals surface area contributed by atoms with Crippen molar-refractivity contribution in [2.75, 3.05) is 11.2 Å². The fraction of sp³-hybridized carbons (Fsp3) is 0.125. The van der Waals surface area contributed by atoms with Gasteiger partial charge in [0.25, 0.3) is 0 Å². The van der Waals surface area contributed by atoms with Crippen molar-refractivity contribution in [3.8, 4) is 0 Å². The van der Waals surface area contributed by atoms with E-state index in [1.54, 1.807) is 11.8 Å². The maximum Gasteiger partial charge on any atom is 0.0475 e. The zero-order valence-electron chi connectivity index (χ0n) is 10.5. The van der Waals surface area contributed by atoms with Crippen molar-refractivity contribution < 1.29 is 0 Å². The molecule has 1 nitrogen and oxygen atoms in total. The lowest BCUT2D eigenvalue weighted by Gasteiger charge is -2.20. The quantitative estimate of drug-likeness (QED) is 0.721. The molecule has 2 aromatic carbocycles. The SMILES string of the molecule is C=CN(Cc1ccccc1)c1ccc(SC)cc1. The topological polar surface area (TPSA) is 3.24 Å². The average molecular weight is 255 g/mol. The van der Waals surface area contributed by atoms with E-state index in [-0.39, 0.29) is 0 Å². The van der Waals surface area contributed by atoms with Gasteiger partial charge >= 0.3 is 0 Å². The monoisotopic (exact) mass is 255 g/mol. The van der Waals surface area contributed by atoms with Crippen LogP contribution in [0.1, 0.15) is 5.56 Å². The average Bonchev–Trinajstić information content (AvgIpc) is 2.46. The van der Waals surface area contributed by atoms with Crippen LogP contribution in [0.25, 0.3) is 0 Å². The lowest BCUT2D eigenvalue weighted by Crippen LogP contribution is -2.14. The number of hydrogen-bond acceptors (Lipinski definition) is 2. The lowest BCUT2D eigenvalue weighted by atomic mass is 10.2. The minimum atomic E-state index is 0.850. The van der Waals surface area contributed by atoms with E-state index in [1.807, 2.05) is 12.3 Å². The molecule has 0 bridgehead atoms. The molecule has 0 aliphatic heterocycles. The van der Waals surface area contributed by atoms with Gasteiger partial charge in [0.2, 0.25) is 0 Å². The molecule has 2 rings (SSSR count).